The van der Waals surface area contributed by atoms with E-state index in [-0.39, 0.29) is 17.7 Å². The summed E-state index contributed by atoms with van der Waals surface area (Å²) >= 11 is 0. The zero-order valence-corrected chi connectivity index (χ0v) is 23.2. The predicted octanol–water partition coefficient (Wildman–Crippen LogP) is 2.31. The highest BCUT2D eigenvalue weighted by Gasteiger charge is 2.44. The monoisotopic (exact) mass is 541 g/mol. The number of esters is 1. The number of ether oxygens (including phenoxy) is 2. The first kappa shape index (κ1) is 28.6. The molecule has 0 aromatic heterocycles. The molecule has 2 aliphatic carbocycles. The van der Waals surface area contributed by atoms with Crippen molar-refractivity contribution in [2.45, 2.75) is 89.4 Å². The van der Waals surface area contributed by atoms with Crippen LogP contribution in [0.4, 0.5) is 4.79 Å². The SMILES string of the molecule is COC(=O)C(=O)C(CC1CC1)NC(=O)[C@@H]1CCCN1C(=O)C(NC(=O)OC(C)(C)C)C1Cc2ccccc2C1. The van der Waals surface area contributed by atoms with Gasteiger partial charge in [0.15, 0.2) is 0 Å². The van der Waals surface area contributed by atoms with Gasteiger partial charge in [-0.2, -0.15) is 0 Å². The average Bonchev–Trinajstić information content (AvgIpc) is 3.38. The lowest BCUT2D eigenvalue weighted by Crippen LogP contribution is -2.58. The number of nitrogens with one attached hydrogen (secondary N) is 2. The van der Waals surface area contributed by atoms with Crippen LogP contribution in [0.15, 0.2) is 24.3 Å². The third kappa shape index (κ3) is 7.16. The molecule has 0 bridgehead atoms. The van der Waals surface area contributed by atoms with E-state index in [1.165, 1.54) is 4.90 Å². The third-order valence-corrected chi connectivity index (χ3v) is 7.62. The van der Waals surface area contributed by atoms with Crippen molar-refractivity contribution in [1.29, 1.82) is 0 Å². The van der Waals surface area contributed by atoms with E-state index < -0.39 is 47.5 Å². The van der Waals surface area contributed by atoms with Gasteiger partial charge in [-0.05, 0) is 75.8 Å². The van der Waals surface area contributed by atoms with Crippen LogP contribution in [0.1, 0.15) is 64.0 Å². The summed E-state index contributed by atoms with van der Waals surface area (Å²) in [6.45, 7) is 5.61. The number of rotatable bonds is 9. The van der Waals surface area contributed by atoms with Crippen molar-refractivity contribution in [3.8, 4) is 0 Å². The molecule has 10 heteroatoms. The second-order valence-electron chi connectivity index (χ2n) is 11.8. The molecular formula is C29H39N3O7. The lowest BCUT2D eigenvalue weighted by molar-refractivity contribution is -0.153. The zero-order valence-electron chi connectivity index (χ0n) is 23.2. The van der Waals surface area contributed by atoms with Gasteiger partial charge in [0.25, 0.3) is 5.78 Å². The Morgan fingerprint density at radius 1 is 1.00 bits per heavy atom. The van der Waals surface area contributed by atoms with Gasteiger partial charge in [-0.3, -0.25) is 14.4 Å². The second-order valence-corrected chi connectivity index (χ2v) is 11.8. The molecule has 10 nitrogen and oxygen atoms in total. The van der Waals surface area contributed by atoms with E-state index in [9.17, 15) is 24.0 Å². The first-order valence-electron chi connectivity index (χ1n) is 13.8. The van der Waals surface area contributed by atoms with Crippen molar-refractivity contribution in [3.63, 3.8) is 0 Å². The molecule has 2 unspecified atom stereocenters. The van der Waals surface area contributed by atoms with Gasteiger partial charge in [-0.1, -0.05) is 37.1 Å². The quantitative estimate of drug-likeness (QED) is 0.362. The van der Waals surface area contributed by atoms with Crippen LogP contribution in [0.5, 0.6) is 0 Å². The van der Waals surface area contributed by atoms with Gasteiger partial charge in [-0.25, -0.2) is 9.59 Å². The Balaban J connectivity index is 1.51. The Hall–Kier alpha value is -3.43. The molecule has 1 saturated carbocycles. The minimum absolute atomic E-state index is 0.199. The van der Waals surface area contributed by atoms with Gasteiger partial charge in [-0.15, -0.1) is 0 Å². The molecule has 1 aliphatic heterocycles. The summed E-state index contributed by atoms with van der Waals surface area (Å²) < 4.78 is 10.1. The molecule has 39 heavy (non-hydrogen) atoms. The van der Waals surface area contributed by atoms with Crippen molar-refractivity contribution >= 4 is 29.7 Å². The Morgan fingerprint density at radius 3 is 2.21 bits per heavy atom. The van der Waals surface area contributed by atoms with E-state index in [2.05, 4.69) is 15.4 Å². The van der Waals surface area contributed by atoms with Gasteiger partial charge in [0, 0.05) is 6.54 Å². The molecule has 3 atom stereocenters. The van der Waals surface area contributed by atoms with Crippen LogP contribution in [-0.4, -0.2) is 71.9 Å². The first-order valence-corrected chi connectivity index (χ1v) is 13.8. The van der Waals surface area contributed by atoms with E-state index in [1.54, 1.807) is 20.8 Å². The molecule has 3 aliphatic rings. The summed E-state index contributed by atoms with van der Waals surface area (Å²) in [5.41, 5.74) is 1.52. The number of methoxy groups -OCH3 is 1. The topological polar surface area (TPSA) is 131 Å². The molecule has 4 rings (SSSR count). The zero-order chi connectivity index (χ0) is 28.3. The summed E-state index contributed by atoms with van der Waals surface area (Å²) in [5.74, 6) is -2.54. The summed E-state index contributed by atoms with van der Waals surface area (Å²) in [4.78, 5) is 66.2. The van der Waals surface area contributed by atoms with Crippen LogP contribution in [-0.2, 0) is 41.5 Å². The Labute approximate surface area is 229 Å². The maximum atomic E-state index is 14.0. The number of fused-ring (bicyclic) bond motifs is 1. The Morgan fingerprint density at radius 2 is 1.64 bits per heavy atom. The first-order chi connectivity index (χ1) is 18.5. The Bertz CT molecular complexity index is 1100. The third-order valence-electron chi connectivity index (χ3n) is 7.62. The highest BCUT2D eigenvalue weighted by molar-refractivity contribution is 6.36. The highest BCUT2D eigenvalue weighted by Crippen LogP contribution is 2.34. The number of carbonyl (C=O) groups is 5. The number of amides is 3. The van der Waals surface area contributed by atoms with Crippen molar-refractivity contribution in [1.82, 2.24) is 15.5 Å². The molecule has 1 aromatic rings. The van der Waals surface area contributed by atoms with E-state index in [0.29, 0.717) is 38.6 Å². The fraction of sp³-hybridized carbons (Fsp3) is 0.621. The van der Waals surface area contributed by atoms with E-state index in [1.807, 2.05) is 24.3 Å². The number of alkyl carbamates (subject to hydrolysis) is 1. The second kappa shape index (κ2) is 11.8. The van der Waals surface area contributed by atoms with Gasteiger partial charge in [0.2, 0.25) is 11.8 Å². The molecule has 212 valence electrons. The molecule has 1 heterocycles. The van der Waals surface area contributed by atoms with E-state index in [0.717, 1.165) is 31.1 Å². The lowest BCUT2D eigenvalue weighted by Gasteiger charge is -2.32. The highest BCUT2D eigenvalue weighted by atomic mass is 16.6. The predicted molar refractivity (Wildman–Crippen MR) is 142 cm³/mol. The summed E-state index contributed by atoms with van der Waals surface area (Å²) in [5, 5.41) is 5.53. The molecule has 1 saturated heterocycles. The molecule has 2 fully saturated rings. The van der Waals surface area contributed by atoms with Crippen LogP contribution in [0.2, 0.25) is 0 Å². The normalized spacial score (nSPS) is 20.5. The Kier molecular flexibility index (Phi) is 8.61. The van der Waals surface area contributed by atoms with Crippen LogP contribution < -0.4 is 10.6 Å². The number of nitrogens with zero attached hydrogens (tertiary/aromatic N) is 1. The summed E-state index contributed by atoms with van der Waals surface area (Å²) in [7, 11) is 1.13. The largest absolute Gasteiger partial charge is 0.463 e. The number of ketones is 1. The number of hydrogen-bond donors (Lipinski definition) is 2. The van der Waals surface area contributed by atoms with Gasteiger partial charge in [0.1, 0.15) is 17.7 Å². The van der Waals surface area contributed by atoms with Gasteiger partial charge >= 0.3 is 12.1 Å². The van der Waals surface area contributed by atoms with Gasteiger partial charge in [0.05, 0.1) is 13.2 Å². The summed E-state index contributed by atoms with van der Waals surface area (Å²) in [6, 6.07) is 5.26. The maximum absolute atomic E-state index is 14.0. The van der Waals surface area contributed by atoms with Crippen LogP contribution in [0.25, 0.3) is 0 Å². The van der Waals surface area contributed by atoms with Crippen LogP contribution >= 0.6 is 0 Å². The molecule has 3 amide bonds. The van der Waals surface area contributed by atoms with Crippen molar-refractivity contribution < 1.29 is 33.4 Å². The van der Waals surface area contributed by atoms with Crippen LogP contribution in [0, 0.1) is 11.8 Å². The molecule has 2 N–H and O–H groups in total. The van der Waals surface area contributed by atoms with Crippen molar-refractivity contribution in [2.75, 3.05) is 13.7 Å². The maximum Gasteiger partial charge on any atom is 0.408 e. The minimum Gasteiger partial charge on any atom is -0.463 e. The standard InChI is InChI=1S/C29H39N3O7/c1-29(2,3)39-28(37)31-23(20-15-18-8-5-6-9-19(18)16-20)26(35)32-13-7-10-22(32)25(34)30-21(14-17-11-12-17)24(33)27(36)38-4/h5-6,8-9,17,20-23H,7,10-16H2,1-4H3,(H,30,34)(H,31,37)/t21?,22-,23?/m0/s1. The smallest absolute Gasteiger partial charge is 0.408 e. The van der Waals surface area contributed by atoms with E-state index >= 15 is 0 Å². The minimum atomic E-state index is -0.997. The number of benzene rings is 1. The fourth-order valence-corrected chi connectivity index (χ4v) is 5.56. The van der Waals surface area contributed by atoms with Crippen molar-refractivity contribution in [3.05, 3.63) is 35.4 Å². The fourth-order valence-electron chi connectivity index (χ4n) is 5.56. The summed E-state index contributed by atoms with van der Waals surface area (Å²) in [6.07, 6.45) is 3.81. The average molecular weight is 542 g/mol. The molecule has 1 aromatic carbocycles. The van der Waals surface area contributed by atoms with E-state index in [4.69, 9.17) is 4.74 Å². The molecule has 0 spiro atoms. The molecular weight excluding hydrogens is 502 g/mol. The molecule has 0 radical (unpaired) electrons. The van der Waals surface area contributed by atoms with Gasteiger partial charge < -0.3 is 25.0 Å². The number of hydrogen-bond acceptors (Lipinski definition) is 7. The number of likely N-dealkylation sites (tertiary alicyclic amines) is 1. The lowest BCUT2D eigenvalue weighted by atomic mass is 9.95. The number of carbonyl (C=O) groups excluding carboxylic acids is 5. The van der Waals surface area contributed by atoms with Crippen LogP contribution in [0.3, 0.4) is 0 Å². The van der Waals surface area contributed by atoms with Crippen molar-refractivity contribution in [2.24, 2.45) is 11.8 Å². The number of Topliss-reactive ketones (excluding diaryl/α,β-unsaturated/α-hetero) is 1.